The zero-order valence-electron chi connectivity index (χ0n) is 14.4. The second kappa shape index (κ2) is 7.47. The number of hydrogen-bond donors (Lipinski definition) is 4. The van der Waals surface area contributed by atoms with Gasteiger partial charge in [-0.2, -0.15) is 11.0 Å². The maximum atomic E-state index is 12.2. The van der Waals surface area contributed by atoms with Gasteiger partial charge in [-0.25, -0.2) is 4.79 Å². The van der Waals surface area contributed by atoms with Crippen molar-refractivity contribution in [3.05, 3.63) is 76.7 Å². The maximum absolute atomic E-state index is 12.2. The van der Waals surface area contributed by atoms with Crippen LogP contribution in [0.5, 0.6) is 0 Å². The van der Waals surface area contributed by atoms with Crippen molar-refractivity contribution >= 4 is 17.5 Å². The fraction of sp³-hybridized carbons (Fsp3) is 0.111. The summed E-state index contributed by atoms with van der Waals surface area (Å²) in [4.78, 5) is 22.1. The average molecular weight is 353 g/mol. The zero-order valence-corrected chi connectivity index (χ0v) is 14.4. The van der Waals surface area contributed by atoms with Crippen LogP contribution in [0.1, 0.15) is 21.5 Å². The molecule has 2 aromatic rings. The van der Waals surface area contributed by atoms with Crippen molar-refractivity contribution in [2.45, 2.75) is 13.8 Å². The molecule has 0 bridgehead atoms. The number of carbonyl (C=O) groups is 1. The molecule has 1 aliphatic heterocycles. The summed E-state index contributed by atoms with van der Waals surface area (Å²) in [6.45, 7) is 3.93. The van der Waals surface area contributed by atoms with Gasteiger partial charge in [0.1, 0.15) is 0 Å². The van der Waals surface area contributed by atoms with E-state index in [1.54, 1.807) is 12.1 Å². The number of aryl methyl sites for hydroxylation is 2. The van der Waals surface area contributed by atoms with Gasteiger partial charge in [0.15, 0.2) is 17.4 Å². The molecule has 2 aromatic carbocycles. The second-order valence-corrected chi connectivity index (χ2v) is 5.77. The van der Waals surface area contributed by atoms with Crippen LogP contribution in [0, 0.1) is 13.8 Å². The van der Waals surface area contributed by atoms with Gasteiger partial charge in [-0.15, -0.1) is 0 Å². The zero-order chi connectivity index (χ0) is 18.5. The molecule has 0 radical (unpaired) electrons. The summed E-state index contributed by atoms with van der Waals surface area (Å²) in [5.74, 6) is -0.144. The number of oxime groups is 1. The number of hydroxylamine groups is 2. The summed E-state index contributed by atoms with van der Waals surface area (Å²) >= 11 is 0. The number of benzene rings is 2. The fourth-order valence-electron chi connectivity index (χ4n) is 2.16. The van der Waals surface area contributed by atoms with E-state index in [0.29, 0.717) is 11.3 Å². The molecule has 1 heterocycles. The lowest BCUT2D eigenvalue weighted by atomic mass is 10.2. The Bertz CT molecular complexity index is 857. The van der Waals surface area contributed by atoms with Crippen LogP contribution in [-0.4, -0.2) is 11.8 Å². The Morgan fingerprint density at radius 2 is 1.69 bits per heavy atom. The molecule has 1 aliphatic rings. The summed E-state index contributed by atoms with van der Waals surface area (Å²) in [6, 6.07) is 14.7. The standard InChI is InChI=1S/C18H19N5O3/c1-11-3-7-13(8-4-11)18(24)25-23-17(15-16(19)22-26-21-15)20-14-9-5-12(2)6-10-14/h3-10,20-21,23H,1-2H3,(H2,19,22). The fourth-order valence-corrected chi connectivity index (χ4v) is 2.16. The van der Waals surface area contributed by atoms with Crippen LogP contribution < -0.4 is 22.0 Å². The molecular formula is C18H19N5O3. The Hall–Kier alpha value is -3.68. The van der Waals surface area contributed by atoms with E-state index in [9.17, 15) is 4.79 Å². The van der Waals surface area contributed by atoms with Crippen molar-refractivity contribution in [2.75, 3.05) is 5.32 Å². The lowest BCUT2D eigenvalue weighted by Gasteiger charge is -2.15. The quantitative estimate of drug-likeness (QED) is 0.609. The minimum atomic E-state index is -0.539. The van der Waals surface area contributed by atoms with Gasteiger partial charge in [0.25, 0.3) is 0 Å². The number of nitrogens with zero attached hydrogens (tertiary/aromatic N) is 1. The van der Waals surface area contributed by atoms with Crippen LogP contribution in [0.15, 0.2) is 65.2 Å². The molecular weight excluding hydrogens is 334 g/mol. The Morgan fingerprint density at radius 3 is 2.27 bits per heavy atom. The topological polar surface area (TPSA) is 110 Å². The molecule has 0 amide bonds. The summed E-state index contributed by atoms with van der Waals surface area (Å²) in [7, 11) is 0. The van der Waals surface area contributed by atoms with E-state index in [1.165, 1.54) is 0 Å². The van der Waals surface area contributed by atoms with Crippen LogP contribution >= 0.6 is 0 Å². The third kappa shape index (κ3) is 4.04. The highest BCUT2D eigenvalue weighted by molar-refractivity contribution is 5.97. The molecule has 134 valence electrons. The Morgan fingerprint density at radius 1 is 1.08 bits per heavy atom. The van der Waals surface area contributed by atoms with E-state index >= 15 is 0 Å². The highest BCUT2D eigenvalue weighted by Crippen LogP contribution is 2.14. The molecule has 0 unspecified atom stereocenters. The third-order valence-electron chi connectivity index (χ3n) is 3.65. The molecule has 26 heavy (non-hydrogen) atoms. The number of nitrogens with two attached hydrogens (primary N) is 1. The van der Waals surface area contributed by atoms with Gasteiger partial charge in [0.05, 0.1) is 5.56 Å². The minimum Gasteiger partial charge on any atom is -0.379 e. The van der Waals surface area contributed by atoms with Gasteiger partial charge < -0.3 is 15.9 Å². The summed E-state index contributed by atoms with van der Waals surface area (Å²) < 4.78 is 0. The molecule has 0 aliphatic carbocycles. The molecule has 0 atom stereocenters. The summed E-state index contributed by atoms with van der Waals surface area (Å²) in [5.41, 5.74) is 14.6. The van der Waals surface area contributed by atoms with Crippen molar-refractivity contribution in [1.29, 1.82) is 0 Å². The van der Waals surface area contributed by atoms with Crippen molar-refractivity contribution in [1.82, 2.24) is 11.0 Å². The van der Waals surface area contributed by atoms with Crippen molar-refractivity contribution in [3.63, 3.8) is 0 Å². The molecule has 0 saturated carbocycles. The van der Waals surface area contributed by atoms with Crippen molar-refractivity contribution in [3.8, 4) is 0 Å². The lowest BCUT2D eigenvalue weighted by molar-refractivity contribution is 0.0317. The smallest absolute Gasteiger partial charge is 0.362 e. The normalized spacial score (nSPS) is 14.6. The molecule has 3 rings (SSSR count). The highest BCUT2D eigenvalue weighted by Gasteiger charge is 2.19. The van der Waals surface area contributed by atoms with E-state index in [0.717, 1.165) is 16.8 Å². The molecule has 8 heteroatoms. The van der Waals surface area contributed by atoms with E-state index in [-0.39, 0.29) is 11.7 Å². The molecule has 0 aromatic heterocycles. The number of nitrogens with one attached hydrogen (secondary N) is 3. The summed E-state index contributed by atoms with van der Waals surface area (Å²) in [5, 5.41) is 6.68. The van der Waals surface area contributed by atoms with E-state index in [4.69, 9.17) is 15.5 Å². The molecule has 0 saturated heterocycles. The lowest BCUT2D eigenvalue weighted by Crippen LogP contribution is -2.31. The number of hydrogen-bond acceptors (Lipinski definition) is 8. The van der Waals surface area contributed by atoms with E-state index < -0.39 is 5.97 Å². The maximum Gasteiger partial charge on any atom is 0.362 e. The van der Waals surface area contributed by atoms with Crippen LogP contribution in [0.4, 0.5) is 5.69 Å². The predicted molar refractivity (Wildman–Crippen MR) is 97.4 cm³/mol. The van der Waals surface area contributed by atoms with Crippen LogP contribution in [0.2, 0.25) is 0 Å². The summed E-state index contributed by atoms with van der Waals surface area (Å²) in [6.07, 6.45) is 0. The number of carbonyl (C=O) groups excluding carboxylic acids is 1. The van der Waals surface area contributed by atoms with Gasteiger partial charge in [0.2, 0.25) is 0 Å². The molecule has 8 nitrogen and oxygen atoms in total. The van der Waals surface area contributed by atoms with E-state index in [2.05, 4.69) is 21.4 Å². The number of anilines is 1. The van der Waals surface area contributed by atoms with Gasteiger partial charge in [-0.3, -0.25) is 4.94 Å². The monoisotopic (exact) mass is 353 g/mol. The van der Waals surface area contributed by atoms with Crippen molar-refractivity contribution < 1.29 is 14.6 Å². The van der Waals surface area contributed by atoms with Gasteiger partial charge in [-0.1, -0.05) is 35.4 Å². The first kappa shape index (κ1) is 17.2. The van der Waals surface area contributed by atoms with Gasteiger partial charge >= 0.3 is 5.97 Å². The van der Waals surface area contributed by atoms with Gasteiger partial charge in [0, 0.05) is 5.69 Å². The highest BCUT2D eigenvalue weighted by atomic mass is 16.8. The second-order valence-electron chi connectivity index (χ2n) is 5.77. The van der Waals surface area contributed by atoms with Crippen LogP contribution in [-0.2, 0) is 9.78 Å². The third-order valence-corrected chi connectivity index (χ3v) is 3.65. The van der Waals surface area contributed by atoms with Gasteiger partial charge in [-0.05, 0) is 43.3 Å². The first-order chi connectivity index (χ1) is 12.5. The molecule has 0 fully saturated rings. The SMILES string of the molecule is Cc1ccc(NC(NOC(=O)c2ccc(C)cc2)=C2NON=C2N)cc1. The van der Waals surface area contributed by atoms with Crippen LogP contribution in [0.25, 0.3) is 0 Å². The molecule has 0 spiro atoms. The largest absolute Gasteiger partial charge is 0.379 e. The Labute approximate surface area is 150 Å². The average Bonchev–Trinajstić information content (AvgIpc) is 3.06. The Kier molecular flexibility index (Phi) is 4.93. The number of rotatable bonds is 5. The van der Waals surface area contributed by atoms with Crippen LogP contribution in [0.3, 0.4) is 0 Å². The first-order valence-electron chi connectivity index (χ1n) is 7.90. The first-order valence-corrected chi connectivity index (χ1v) is 7.90. The Balaban J connectivity index is 1.76. The van der Waals surface area contributed by atoms with Crippen molar-refractivity contribution in [2.24, 2.45) is 10.9 Å². The molecule has 5 N–H and O–H groups in total. The predicted octanol–water partition coefficient (Wildman–Crippen LogP) is 2.05. The van der Waals surface area contributed by atoms with E-state index in [1.807, 2.05) is 50.2 Å². The minimum absolute atomic E-state index is 0.110. The number of amidine groups is 1.